The van der Waals surface area contributed by atoms with E-state index >= 15 is 0 Å². The molecule has 0 radical (unpaired) electrons. The number of piperazine rings is 1. The van der Waals surface area contributed by atoms with Gasteiger partial charge in [0.2, 0.25) is 5.91 Å². The zero-order valence-corrected chi connectivity index (χ0v) is 15.4. The number of ether oxygens (including phenoxy) is 1. The van der Waals surface area contributed by atoms with Gasteiger partial charge in [-0.1, -0.05) is 12.1 Å². The second-order valence-electron chi connectivity index (χ2n) is 6.35. The van der Waals surface area contributed by atoms with Crippen molar-refractivity contribution in [2.45, 2.75) is 17.9 Å². The number of rotatable bonds is 5. The van der Waals surface area contributed by atoms with Crippen LogP contribution in [0.4, 0.5) is 5.69 Å². The monoisotopic (exact) mass is 349 g/mol. The number of anilines is 1. The van der Waals surface area contributed by atoms with Crippen molar-refractivity contribution < 1.29 is 9.53 Å². The fraction of sp³-hybridized carbons (Fsp3) is 0.611. The first-order valence-electron chi connectivity index (χ1n) is 8.69. The number of amides is 1. The fourth-order valence-electron chi connectivity index (χ4n) is 3.37. The van der Waals surface area contributed by atoms with E-state index < -0.39 is 0 Å². The van der Waals surface area contributed by atoms with E-state index in [1.165, 1.54) is 4.90 Å². The number of fused-ring (bicyclic) bond motifs is 1. The summed E-state index contributed by atoms with van der Waals surface area (Å²) in [6.07, 6.45) is 0. The van der Waals surface area contributed by atoms with Crippen molar-refractivity contribution in [3.05, 3.63) is 24.3 Å². The van der Waals surface area contributed by atoms with Crippen LogP contribution in [0.25, 0.3) is 0 Å². The zero-order chi connectivity index (χ0) is 16.9. The Morgan fingerprint density at radius 1 is 1.21 bits per heavy atom. The number of para-hydroxylation sites is 1. The van der Waals surface area contributed by atoms with Crippen molar-refractivity contribution in [3.63, 3.8) is 0 Å². The van der Waals surface area contributed by atoms with E-state index in [1.54, 1.807) is 7.11 Å². The number of benzene rings is 1. The molecule has 0 aliphatic carbocycles. The lowest BCUT2D eigenvalue weighted by molar-refractivity contribution is -0.124. The molecular formula is C18H27N3O2S. The third kappa shape index (κ3) is 3.94. The van der Waals surface area contributed by atoms with Crippen LogP contribution in [0, 0.1) is 0 Å². The van der Waals surface area contributed by atoms with E-state index in [1.807, 2.05) is 28.8 Å². The molecule has 0 bridgehead atoms. The van der Waals surface area contributed by atoms with E-state index in [9.17, 15) is 4.79 Å². The van der Waals surface area contributed by atoms with Crippen molar-refractivity contribution in [2.24, 2.45) is 0 Å². The topological polar surface area (TPSA) is 36.0 Å². The number of methoxy groups -OCH3 is 1. The SMILES string of the molecule is COCCN1CCN([C@H](C)C(=O)N2CCSc3ccccc32)CC1. The Kier molecular flexibility index (Phi) is 6.16. The van der Waals surface area contributed by atoms with Crippen molar-refractivity contribution in [1.82, 2.24) is 9.80 Å². The van der Waals surface area contributed by atoms with Gasteiger partial charge in [0.05, 0.1) is 18.3 Å². The number of carbonyl (C=O) groups is 1. The van der Waals surface area contributed by atoms with Gasteiger partial charge in [0.15, 0.2) is 0 Å². The van der Waals surface area contributed by atoms with E-state index in [-0.39, 0.29) is 11.9 Å². The van der Waals surface area contributed by atoms with Crippen LogP contribution in [0.15, 0.2) is 29.2 Å². The molecule has 1 amide bonds. The number of nitrogens with zero attached hydrogens (tertiary/aromatic N) is 3. The molecule has 132 valence electrons. The Hall–Kier alpha value is -1.08. The van der Waals surface area contributed by atoms with E-state index in [4.69, 9.17) is 4.74 Å². The van der Waals surface area contributed by atoms with Gasteiger partial charge < -0.3 is 9.64 Å². The average Bonchev–Trinajstić information content (AvgIpc) is 2.65. The maximum Gasteiger partial charge on any atom is 0.244 e. The summed E-state index contributed by atoms with van der Waals surface area (Å²) in [7, 11) is 1.74. The van der Waals surface area contributed by atoms with Gasteiger partial charge in [-0.15, -0.1) is 11.8 Å². The zero-order valence-electron chi connectivity index (χ0n) is 14.6. The number of hydrogen-bond donors (Lipinski definition) is 0. The molecule has 1 fully saturated rings. The van der Waals surface area contributed by atoms with Gasteiger partial charge >= 0.3 is 0 Å². The van der Waals surface area contributed by atoms with Gasteiger partial charge in [-0.3, -0.25) is 14.6 Å². The second-order valence-corrected chi connectivity index (χ2v) is 7.49. The lowest BCUT2D eigenvalue weighted by Gasteiger charge is -2.39. The Morgan fingerprint density at radius 2 is 1.96 bits per heavy atom. The lowest BCUT2D eigenvalue weighted by atomic mass is 10.1. The van der Waals surface area contributed by atoms with Gasteiger partial charge in [-0.2, -0.15) is 0 Å². The largest absolute Gasteiger partial charge is 0.383 e. The average molecular weight is 350 g/mol. The van der Waals surface area contributed by atoms with Crippen molar-refractivity contribution >= 4 is 23.4 Å². The first kappa shape index (κ1) is 17.7. The van der Waals surface area contributed by atoms with Crippen molar-refractivity contribution in [2.75, 3.05) is 63.6 Å². The molecule has 0 spiro atoms. The highest BCUT2D eigenvalue weighted by molar-refractivity contribution is 7.99. The normalized spacial score (nSPS) is 20.7. The summed E-state index contributed by atoms with van der Waals surface area (Å²) in [6, 6.07) is 8.17. The first-order valence-corrected chi connectivity index (χ1v) is 9.68. The highest BCUT2D eigenvalue weighted by Crippen LogP contribution is 2.34. The number of thioether (sulfide) groups is 1. The minimum absolute atomic E-state index is 0.0641. The Labute approximate surface area is 148 Å². The second kappa shape index (κ2) is 8.34. The maximum absolute atomic E-state index is 13.1. The summed E-state index contributed by atoms with van der Waals surface area (Å²) in [5, 5.41) is 0. The fourth-order valence-corrected chi connectivity index (χ4v) is 4.37. The maximum atomic E-state index is 13.1. The van der Waals surface area contributed by atoms with Crippen LogP contribution in [0.2, 0.25) is 0 Å². The van der Waals surface area contributed by atoms with E-state index in [2.05, 4.69) is 28.9 Å². The first-order chi connectivity index (χ1) is 11.7. The van der Waals surface area contributed by atoms with Crippen LogP contribution in [0.1, 0.15) is 6.92 Å². The molecule has 1 saturated heterocycles. The molecule has 1 atom stereocenters. The molecule has 0 unspecified atom stereocenters. The minimum atomic E-state index is -0.0641. The molecule has 2 heterocycles. The Morgan fingerprint density at radius 3 is 2.71 bits per heavy atom. The van der Waals surface area contributed by atoms with Gasteiger partial charge in [0.1, 0.15) is 0 Å². The van der Waals surface area contributed by atoms with E-state index in [0.29, 0.717) is 0 Å². The highest BCUT2D eigenvalue weighted by Gasteiger charge is 2.31. The van der Waals surface area contributed by atoms with Crippen molar-refractivity contribution in [1.29, 1.82) is 0 Å². The molecule has 5 nitrogen and oxygen atoms in total. The van der Waals surface area contributed by atoms with E-state index in [0.717, 1.165) is 57.3 Å². The Balaban J connectivity index is 1.60. The summed E-state index contributed by atoms with van der Waals surface area (Å²) in [5.74, 6) is 1.20. The molecule has 1 aromatic rings. The molecular weight excluding hydrogens is 322 g/mol. The standard InChI is InChI=1S/C18H27N3O2S/c1-15(20-9-7-19(8-10-20)11-13-23-2)18(22)21-12-14-24-17-6-4-3-5-16(17)21/h3-6,15H,7-14H2,1-2H3/t15-/m1/s1. The smallest absolute Gasteiger partial charge is 0.244 e. The number of carbonyl (C=O) groups excluding carboxylic acids is 1. The van der Waals surface area contributed by atoms with Crippen LogP contribution in [0.3, 0.4) is 0 Å². The van der Waals surface area contributed by atoms with Crippen LogP contribution in [0.5, 0.6) is 0 Å². The molecule has 0 aromatic heterocycles. The molecule has 3 rings (SSSR count). The third-order valence-electron chi connectivity index (χ3n) is 4.92. The van der Waals surface area contributed by atoms with Crippen LogP contribution in [-0.2, 0) is 9.53 Å². The summed E-state index contributed by atoms with van der Waals surface area (Å²) in [6.45, 7) is 8.51. The molecule has 2 aliphatic rings. The summed E-state index contributed by atoms with van der Waals surface area (Å²) < 4.78 is 5.15. The summed E-state index contributed by atoms with van der Waals surface area (Å²) >= 11 is 1.84. The predicted molar refractivity (Wildman–Crippen MR) is 98.9 cm³/mol. The van der Waals surface area contributed by atoms with Gasteiger partial charge in [-0.25, -0.2) is 0 Å². The minimum Gasteiger partial charge on any atom is -0.383 e. The van der Waals surface area contributed by atoms with Crippen LogP contribution >= 0.6 is 11.8 Å². The number of hydrogen-bond acceptors (Lipinski definition) is 5. The Bertz CT molecular complexity index is 561. The molecule has 6 heteroatoms. The molecule has 0 N–H and O–H groups in total. The molecule has 24 heavy (non-hydrogen) atoms. The lowest BCUT2D eigenvalue weighted by Crippen LogP contribution is -2.55. The van der Waals surface area contributed by atoms with Crippen LogP contribution < -0.4 is 4.90 Å². The highest BCUT2D eigenvalue weighted by atomic mass is 32.2. The molecule has 1 aromatic carbocycles. The summed E-state index contributed by atoms with van der Waals surface area (Å²) in [4.78, 5) is 21.0. The predicted octanol–water partition coefficient (Wildman–Crippen LogP) is 1.78. The van der Waals surface area contributed by atoms with Gasteiger partial charge in [0.25, 0.3) is 0 Å². The van der Waals surface area contributed by atoms with Gasteiger partial charge in [-0.05, 0) is 19.1 Å². The quantitative estimate of drug-likeness (QED) is 0.810. The molecule has 2 aliphatic heterocycles. The van der Waals surface area contributed by atoms with Crippen molar-refractivity contribution in [3.8, 4) is 0 Å². The summed E-state index contributed by atoms with van der Waals surface area (Å²) in [5.41, 5.74) is 1.07. The van der Waals surface area contributed by atoms with Gasteiger partial charge in [0, 0.05) is 57.0 Å². The molecule has 0 saturated carbocycles. The van der Waals surface area contributed by atoms with Crippen LogP contribution in [-0.4, -0.2) is 80.5 Å². The third-order valence-corrected chi connectivity index (χ3v) is 5.96.